The number of nitrogens with one attached hydrogen (secondary N) is 1. The van der Waals surface area contributed by atoms with Gasteiger partial charge >= 0.3 is 0 Å². The van der Waals surface area contributed by atoms with Crippen LogP contribution in [0.25, 0.3) is 17.2 Å². The number of carbonyl (C=O) groups excluding carboxylic acids is 1. The topological polar surface area (TPSA) is 29.1 Å². The Morgan fingerprint density at radius 1 is 0.871 bits per heavy atom. The van der Waals surface area contributed by atoms with E-state index < -0.39 is 0 Å². The zero-order chi connectivity index (χ0) is 21.5. The monoisotopic (exact) mass is 411 g/mol. The molecule has 3 aromatic rings. The minimum atomic E-state index is -0.118. The van der Waals surface area contributed by atoms with Gasteiger partial charge < -0.3 is 9.80 Å². The van der Waals surface area contributed by atoms with E-state index in [1.807, 2.05) is 48.5 Å². The first-order chi connectivity index (χ1) is 15.1. The molecule has 1 N–H and O–H groups in total. The van der Waals surface area contributed by atoms with Crippen molar-refractivity contribution in [3.8, 4) is 11.1 Å². The first-order valence-corrected chi connectivity index (χ1v) is 11.2. The zero-order valence-corrected chi connectivity index (χ0v) is 18.3. The molecule has 1 heterocycles. The highest BCUT2D eigenvalue weighted by molar-refractivity contribution is 6.02. The highest BCUT2D eigenvalue weighted by Gasteiger charge is 2.24. The van der Waals surface area contributed by atoms with Gasteiger partial charge in [-0.3, -0.25) is 4.79 Å². The van der Waals surface area contributed by atoms with E-state index in [2.05, 4.69) is 48.8 Å². The molecule has 4 rings (SSSR count). The summed E-state index contributed by atoms with van der Waals surface area (Å²) in [6, 6.07) is 26.8. The smallest absolute Gasteiger partial charge is 0.248 e. The summed E-state index contributed by atoms with van der Waals surface area (Å²) in [5, 5.41) is 2.97. The highest BCUT2D eigenvalue weighted by Crippen LogP contribution is 2.22. The van der Waals surface area contributed by atoms with E-state index in [0.717, 1.165) is 27.8 Å². The molecule has 158 valence electrons. The summed E-state index contributed by atoms with van der Waals surface area (Å²) < 4.78 is 1.12. The molecule has 1 aliphatic rings. The molecule has 0 unspecified atom stereocenters. The third-order valence-electron chi connectivity index (χ3n) is 6.10. The number of hydrogen-bond acceptors (Lipinski definition) is 1. The van der Waals surface area contributed by atoms with Gasteiger partial charge in [0.15, 0.2) is 0 Å². The zero-order valence-electron chi connectivity index (χ0n) is 18.3. The average Bonchev–Trinajstić information content (AvgIpc) is 2.80. The first-order valence-electron chi connectivity index (χ1n) is 11.2. The van der Waals surface area contributed by atoms with Crippen molar-refractivity contribution in [2.75, 3.05) is 25.5 Å². The van der Waals surface area contributed by atoms with Crippen molar-refractivity contribution in [2.45, 2.75) is 25.8 Å². The molecule has 0 radical (unpaired) electrons. The van der Waals surface area contributed by atoms with Crippen LogP contribution >= 0.6 is 0 Å². The Morgan fingerprint density at radius 3 is 2.32 bits per heavy atom. The van der Waals surface area contributed by atoms with Gasteiger partial charge in [0.25, 0.3) is 0 Å². The summed E-state index contributed by atoms with van der Waals surface area (Å²) in [6.07, 6.45) is 7.47. The minimum Gasteiger partial charge on any atom is -0.323 e. The van der Waals surface area contributed by atoms with Crippen LogP contribution in [0.2, 0.25) is 0 Å². The van der Waals surface area contributed by atoms with Gasteiger partial charge in [0.2, 0.25) is 5.91 Å². The van der Waals surface area contributed by atoms with E-state index in [1.165, 1.54) is 43.5 Å². The molecule has 0 bridgehead atoms. The second kappa shape index (κ2) is 9.76. The van der Waals surface area contributed by atoms with Crippen LogP contribution in [0, 0.1) is 0 Å². The maximum atomic E-state index is 12.4. The van der Waals surface area contributed by atoms with E-state index in [-0.39, 0.29) is 5.91 Å². The van der Waals surface area contributed by atoms with E-state index in [4.69, 9.17) is 0 Å². The Bertz CT molecular complexity index is 1030. The lowest BCUT2D eigenvalue weighted by molar-refractivity contribution is -0.926. The lowest BCUT2D eigenvalue weighted by Crippen LogP contribution is -2.46. The van der Waals surface area contributed by atoms with Gasteiger partial charge in [0.1, 0.15) is 6.54 Å². The van der Waals surface area contributed by atoms with Gasteiger partial charge in [0.05, 0.1) is 20.1 Å². The van der Waals surface area contributed by atoms with Gasteiger partial charge in [0, 0.05) is 17.3 Å². The summed E-state index contributed by atoms with van der Waals surface area (Å²) >= 11 is 0. The van der Waals surface area contributed by atoms with Gasteiger partial charge in [-0.15, -0.1) is 0 Å². The number of likely N-dealkylation sites (tertiary alicyclic amines) is 1. The number of quaternary nitrogens is 1. The fourth-order valence-electron chi connectivity index (χ4n) is 4.38. The van der Waals surface area contributed by atoms with Crippen molar-refractivity contribution in [1.29, 1.82) is 0 Å². The second-order valence-electron chi connectivity index (χ2n) is 8.80. The molecule has 3 aromatic carbocycles. The van der Waals surface area contributed by atoms with Crippen molar-refractivity contribution in [3.05, 3.63) is 96.1 Å². The predicted octanol–water partition coefficient (Wildman–Crippen LogP) is 6.14. The quantitative estimate of drug-likeness (QED) is 0.383. The van der Waals surface area contributed by atoms with E-state index >= 15 is 0 Å². The molecule has 0 saturated carbocycles. The normalized spacial score (nSPS) is 15.6. The Balaban J connectivity index is 1.35. The van der Waals surface area contributed by atoms with Crippen molar-refractivity contribution in [1.82, 2.24) is 0 Å². The van der Waals surface area contributed by atoms with Gasteiger partial charge in [-0.05, 0) is 60.2 Å². The second-order valence-corrected chi connectivity index (χ2v) is 8.80. The summed E-state index contributed by atoms with van der Waals surface area (Å²) in [4.78, 5) is 12.4. The number of hydrogen-bond donors (Lipinski definition) is 1. The Morgan fingerprint density at radius 2 is 1.58 bits per heavy atom. The number of amides is 1. The molecule has 1 fully saturated rings. The van der Waals surface area contributed by atoms with Crippen LogP contribution in [0.5, 0.6) is 0 Å². The number of carbonyl (C=O) groups is 1. The van der Waals surface area contributed by atoms with Crippen LogP contribution < -0.4 is 5.32 Å². The maximum absolute atomic E-state index is 12.4. The minimum absolute atomic E-state index is 0.118. The number of rotatable bonds is 6. The van der Waals surface area contributed by atoms with E-state index in [1.54, 1.807) is 6.08 Å². The maximum Gasteiger partial charge on any atom is 0.248 e. The Kier molecular flexibility index (Phi) is 6.63. The molecule has 3 heteroatoms. The Hall–Kier alpha value is -3.17. The van der Waals surface area contributed by atoms with Crippen molar-refractivity contribution in [2.24, 2.45) is 0 Å². The molecule has 31 heavy (non-hydrogen) atoms. The lowest BCUT2D eigenvalue weighted by atomic mass is 10.0. The fraction of sp³-hybridized carbons (Fsp3) is 0.250. The third-order valence-corrected chi connectivity index (χ3v) is 6.10. The first kappa shape index (κ1) is 21.1. The highest BCUT2D eigenvalue weighted by atomic mass is 16.1. The molecule has 0 aliphatic carbocycles. The Labute approximate surface area is 185 Å². The molecule has 1 aliphatic heterocycles. The molecule has 3 nitrogen and oxygen atoms in total. The summed E-state index contributed by atoms with van der Waals surface area (Å²) in [7, 11) is 2.35. The van der Waals surface area contributed by atoms with Crippen LogP contribution in [0.3, 0.4) is 0 Å². The molecule has 0 spiro atoms. The van der Waals surface area contributed by atoms with Crippen LogP contribution in [0.15, 0.2) is 84.9 Å². The van der Waals surface area contributed by atoms with E-state index in [0.29, 0.717) is 0 Å². The number of piperidine rings is 1. The average molecular weight is 412 g/mol. The van der Waals surface area contributed by atoms with E-state index in [9.17, 15) is 4.79 Å². The van der Waals surface area contributed by atoms with Crippen molar-refractivity contribution in [3.63, 3.8) is 0 Å². The molecular weight excluding hydrogens is 380 g/mol. The summed E-state index contributed by atoms with van der Waals surface area (Å²) in [6.45, 7) is 3.58. The molecule has 0 atom stereocenters. The SMILES string of the molecule is C[N+]1(Cc2ccc(NC(=O)C=Cc3cccc(-c4ccccc4)c3)cc2)CCCCC1. The standard InChI is InChI=1S/C28H30N2O/c1-30(19-6-3-7-20-30)22-24-13-16-27(17-14-24)29-28(31)18-15-23-9-8-12-26(21-23)25-10-4-2-5-11-25/h2,4-5,8-18,21H,3,6-7,19-20,22H2,1H3/p+1. The van der Waals surface area contributed by atoms with Crippen LogP contribution in [-0.2, 0) is 11.3 Å². The fourth-order valence-corrected chi connectivity index (χ4v) is 4.38. The van der Waals surface area contributed by atoms with Crippen molar-refractivity contribution >= 4 is 17.7 Å². The summed E-state index contributed by atoms with van der Waals surface area (Å²) in [5.74, 6) is -0.118. The summed E-state index contributed by atoms with van der Waals surface area (Å²) in [5.41, 5.74) is 5.48. The number of anilines is 1. The van der Waals surface area contributed by atoms with Gasteiger partial charge in [-0.2, -0.15) is 0 Å². The van der Waals surface area contributed by atoms with Gasteiger partial charge in [-0.1, -0.05) is 60.7 Å². The number of nitrogens with zero attached hydrogens (tertiary/aromatic N) is 1. The lowest BCUT2D eigenvalue weighted by Gasteiger charge is -2.37. The molecule has 1 amide bonds. The van der Waals surface area contributed by atoms with Crippen molar-refractivity contribution < 1.29 is 9.28 Å². The largest absolute Gasteiger partial charge is 0.323 e. The molecule has 0 aromatic heterocycles. The van der Waals surface area contributed by atoms with Crippen LogP contribution in [0.1, 0.15) is 30.4 Å². The molecule has 1 saturated heterocycles. The van der Waals surface area contributed by atoms with Gasteiger partial charge in [-0.25, -0.2) is 0 Å². The predicted molar refractivity (Wildman–Crippen MR) is 129 cm³/mol. The van der Waals surface area contributed by atoms with Crippen LogP contribution in [0.4, 0.5) is 5.69 Å². The molecular formula is C28H31N2O+. The third kappa shape index (κ3) is 5.93. The number of benzene rings is 3. The van der Waals surface area contributed by atoms with Crippen LogP contribution in [-0.4, -0.2) is 30.5 Å².